The molecule has 1 fully saturated rings. The predicted molar refractivity (Wildman–Crippen MR) is 65.6 cm³/mol. The Labute approximate surface area is 99.6 Å². The molecule has 0 bridgehead atoms. The fraction of sp³-hybridized carbons (Fsp3) is 0.500. The third-order valence-corrected chi connectivity index (χ3v) is 2.74. The van der Waals surface area contributed by atoms with E-state index in [2.05, 4.69) is 10.3 Å². The molecule has 7 nitrogen and oxygen atoms in total. The van der Waals surface area contributed by atoms with Gasteiger partial charge >= 0.3 is 5.69 Å². The molecule has 1 atom stereocenters. The van der Waals surface area contributed by atoms with E-state index in [1.54, 1.807) is 12.3 Å². The summed E-state index contributed by atoms with van der Waals surface area (Å²) < 4.78 is 0. The second-order valence-electron chi connectivity index (χ2n) is 3.85. The Hall–Kier alpha value is -1.73. The first-order valence-corrected chi connectivity index (χ1v) is 5.27. The van der Waals surface area contributed by atoms with Gasteiger partial charge in [-0.2, -0.15) is 0 Å². The summed E-state index contributed by atoms with van der Waals surface area (Å²) in [4.78, 5) is 16.6. The van der Waals surface area contributed by atoms with Gasteiger partial charge in [-0.3, -0.25) is 10.1 Å². The zero-order valence-electron chi connectivity index (χ0n) is 9.80. The molecular weight excluding hydrogens is 222 g/mol. The van der Waals surface area contributed by atoms with Crippen molar-refractivity contribution in [2.45, 2.75) is 13.0 Å². The van der Waals surface area contributed by atoms with E-state index in [4.69, 9.17) is 0 Å². The van der Waals surface area contributed by atoms with Crippen LogP contribution in [-0.4, -0.2) is 35.6 Å². The molecule has 0 aliphatic carbocycles. The first kappa shape index (κ1) is 13.3. The summed E-state index contributed by atoms with van der Waals surface area (Å²) in [5, 5.41) is 14.1. The molecule has 1 aromatic rings. The van der Waals surface area contributed by atoms with Crippen LogP contribution in [0.3, 0.4) is 0 Å². The SMILES string of the molecule is CC1CNCCN1c1ncccc1[N+](=O)[O-].N. The molecule has 0 saturated carbocycles. The fourth-order valence-corrected chi connectivity index (χ4v) is 1.91. The number of hydrogen-bond donors (Lipinski definition) is 2. The lowest BCUT2D eigenvalue weighted by molar-refractivity contribution is -0.384. The van der Waals surface area contributed by atoms with Crippen molar-refractivity contribution in [3.8, 4) is 0 Å². The van der Waals surface area contributed by atoms with E-state index >= 15 is 0 Å². The van der Waals surface area contributed by atoms with Crippen molar-refractivity contribution in [3.05, 3.63) is 28.4 Å². The summed E-state index contributed by atoms with van der Waals surface area (Å²) in [6, 6.07) is 3.31. The molecule has 1 unspecified atom stereocenters. The van der Waals surface area contributed by atoms with Crippen LogP contribution >= 0.6 is 0 Å². The number of pyridine rings is 1. The molecule has 1 saturated heterocycles. The molecule has 2 rings (SSSR count). The first-order valence-electron chi connectivity index (χ1n) is 5.27. The quantitative estimate of drug-likeness (QED) is 0.587. The molecule has 1 aromatic heterocycles. The summed E-state index contributed by atoms with van der Waals surface area (Å²) in [7, 11) is 0. The summed E-state index contributed by atoms with van der Waals surface area (Å²) in [6.07, 6.45) is 1.59. The first-order chi connectivity index (χ1) is 7.70. The average molecular weight is 239 g/mol. The van der Waals surface area contributed by atoms with Crippen LogP contribution in [0.2, 0.25) is 0 Å². The number of hydrogen-bond acceptors (Lipinski definition) is 6. The van der Waals surface area contributed by atoms with E-state index in [-0.39, 0.29) is 22.8 Å². The Bertz CT molecular complexity index is 398. The lowest BCUT2D eigenvalue weighted by Crippen LogP contribution is -2.50. The van der Waals surface area contributed by atoms with Gasteiger partial charge in [0.2, 0.25) is 5.82 Å². The van der Waals surface area contributed by atoms with Crippen molar-refractivity contribution < 1.29 is 4.92 Å². The number of nitrogens with one attached hydrogen (secondary N) is 1. The van der Waals surface area contributed by atoms with Crippen molar-refractivity contribution in [3.63, 3.8) is 0 Å². The van der Waals surface area contributed by atoms with Crippen LogP contribution in [0.5, 0.6) is 0 Å². The molecule has 0 spiro atoms. The molecule has 0 radical (unpaired) electrons. The van der Waals surface area contributed by atoms with Gasteiger partial charge in [-0.15, -0.1) is 0 Å². The molecule has 4 N–H and O–H groups in total. The van der Waals surface area contributed by atoms with Gasteiger partial charge in [0.05, 0.1) is 4.92 Å². The van der Waals surface area contributed by atoms with Crippen LogP contribution in [-0.2, 0) is 0 Å². The molecule has 1 aliphatic rings. The fourth-order valence-electron chi connectivity index (χ4n) is 1.91. The van der Waals surface area contributed by atoms with Crippen molar-refractivity contribution in [2.75, 3.05) is 24.5 Å². The third kappa shape index (κ3) is 2.69. The second-order valence-corrected chi connectivity index (χ2v) is 3.85. The lowest BCUT2D eigenvalue weighted by Gasteiger charge is -2.34. The Morgan fingerprint density at radius 1 is 1.65 bits per heavy atom. The van der Waals surface area contributed by atoms with E-state index in [9.17, 15) is 10.1 Å². The standard InChI is InChI=1S/C10H14N4O2.H3N/c1-8-7-11-5-6-13(8)10-9(14(15)16)3-2-4-12-10;/h2-4,8,11H,5-7H2,1H3;1H3. The van der Waals surface area contributed by atoms with Crippen molar-refractivity contribution >= 4 is 11.5 Å². The molecular formula is C10H17N5O2. The minimum absolute atomic E-state index is 0. The van der Waals surface area contributed by atoms with Crippen LogP contribution in [0.15, 0.2) is 18.3 Å². The molecule has 7 heteroatoms. The topological polar surface area (TPSA) is 106 Å². The van der Waals surface area contributed by atoms with Gasteiger partial charge in [0.1, 0.15) is 0 Å². The van der Waals surface area contributed by atoms with Crippen molar-refractivity contribution in [1.82, 2.24) is 16.5 Å². The summed E-state index contributed by atoms with van der Waals surface area (Å²) in [5.41, 5.74) is 0.0799. The van der Waals surface area contributed by atoms with Gasteiger partial charge < -0.3 is 16.4 Å². The van der Waals surface area contributed by atoms with E-state index in [1.165, 1.54) is 6.07 Å². The minimum Gasteiger partial charge on any atom is -0.346 e. The molecule has 94 valence electrons. The molecule has 0 amide bonds. The van der Waals surface area contributed by atoms with E-state index in [0.29, 0.717) is 5.82 Å². The minimum atomic E-state index is -0.378. The van der Waals surface area contributed by atoms with E-state index in [0.717, 1.165) is 19.6 Å². The molecule has 1 aliphatic heterocycles. The zero-order valence-corrected chi connectivity index (χ0v) is 9.80. The van der Waals surface area contributed by atoms with Gasteiger partial charge in [0, 0.05) is 37.9 Å². The summed E-state index contributed by atoms with van der Waals surface area (Å²) >= 11 is 0. The Kier molecular flexibility index (Phi) is 4.36. The van der Waals surface area contributed by atoms with Crippen molar-refractivity contribution in [2.24, 2.45) is 0 Å². The Morgan fingerprint density at radius 3 is 3.06 bits per heavy atom. The lowest BCUT2D eigenvalue weighted by atomic mass is 10.2. The highest BCUT2D eigenvalue weighted by Crippen LogP contribution is 2.26. The maximum atomic E-state index is 10.9. The van der Waals surface area contributed by atoms with Crippen LogP contribution in [0.1, 0.15) is 6.92 Å². The average Bonchev–Trinajstić information content (AvgIpc) is 2.29. The number of nitro groups is 1. The number of rotatable bonds is 2. The second kappa shape index (κ2) is 5.55. The Balaban J connectivity index is 0.00000144. The van der Waals surface area contributed by atoms with E-state index in [1.807, 2.05) is 11.8 Å². The molecule has 2 heterocycles. The van der Waals surface area contributed by atoms with E-state index < -0.39 is 0 Å². The maximum Gasteiger partial charge on any atom is 0.311 e. The summed E-state index contributed by atoms with van der Waals surface area (Å²) in [6.45, 7) is 4.44. The zero-order chi connectivity index (χ0) is 11.5. The third-order valence-electron chi connectivity index (χ3n) is 2.74. The number of piperazine rings is 1. The smallest absolute Gasteiger partial charge is 0.311 e. The summed E-state index contributed by atoms with van der Waals surface area (Å²) in [5.74, 6) is 0.474. The van der Waals surface area contributed by atoms with Crippen molar-refractivity contribution in [1.29, 1.82) is 0 Å². The van der Waals surface area contributed by atoms with Gasteiger partial charge in [0.25, 0.3) is 0 Å². The highest BCUT2D eigenvalue weighted by atomic mass is 16.6. The number of nitrogens with zero attached hydrogens (tertiary/aromatic N) is 3. The van der Waals surface area contributed by atoms with Crippen LogP contribution in [0, 0.1) is 10.1 Å². The van der Waals surface area contributed by atoms with Crippen LogP contribution < -0.4 is 16.4 Å². The van der Waals surface area contributed by atoms with Crippen LogP contribution in [0.25, 0.3) is 0 Å². The Morgan fingerprint density at radius 2 is 2.41 bits per heavy atom. The van der Waals surface area contributed by atoms with Gasteiger partial charge in [0.15, 0.2) is 0 Å². The van der Waals surface area contributed by atoms with Gasteiger partial charge in [-0.25, -0.2) is 4.98 Å². The highest BCUT2D eigenvalue weighted by molar-refractivity contribution is 5.58. The maximum absolute atomic E-state index is 10.9. The number of aromatic nitrogens is 1. The molecule has 17 heavy (non-hydrogen) atoms. The normalized spacial score (nSPS) is 19.6. The number of anilines is 1. The largest absolute Gasteiger partial charge is 0.346 e. The van der Waals surface area contributed by atoms with Crippen LogP contribution in [0.4, 0.5) is 11.5 Å². The molecule has 0 aromatic carbocycles. The van der Waals surface area contributed by atoms with Gasteiger partial charge in [-0.1, -0.05) is 0 Å². The highest BCUT2D eigenvalue weighted by Gasteiger charge is 2.26. The predicted octanol–water partition coefficient (Wildman–Crippen LogP) is 0.950. The monoisotopic (exact) mass is 239 g/mol. The van der Waals surface area contributed by atoms with Gasteiger partial charge in [-0.05, 0) is 13.0 Å².